The highest BCUT2D eigenvalue weighted by Gasteiger charge is 2.12. The molecule has 100 valence electrons. The zero-order valence-electron chi connectivity index (χ0n) is 11.1. The maximum absolute atomic E-state index is 10.7. The van der Waals surface area contributed by atoms with Gasteiger partial charge in [0.2, 0.25) is 0 Å². The summed E-state index contributed by atoms with van der Waals surface area (Å²) in [5.74, 6) is 0.531. The molecule has 0 aliphatic carbocycles. The van der Waals surface area contributed by atoms with E-state index in [0.717, 1.165) is 25.1 Å². The lowest BCUT2D eigenvalue weighted by Crippen LogP contribution is -2.31. The van der Waals surface area contributed by atoms with Crippen molar-refractivity contribution in [3.05, 3.63) is 28.8 Å². The highest BCUT2D eigenvalue weighted by Crippen LogP contribution is 2.27. The van der Waals surface area contributed by atoms with Crippen molar-refractivity contribution in [3.63, 3.8) is 0 Å². The summed E-state index contributed by atoms with van der Waals surface area (Å²) >= 11 is 6.22. The smallest absolute Gasteiger partial charge is 0.150 e. The molecule has 3 nitrogen and oxygen atoms in total. The predicted octanol–water partition coefficient (Wildman–Crippen LogP) is 3.26. The fraction of sp³-hybridized carbons (Fsp3) is 0.500. The first-order valence-electron chi connectivity index (χ1n) is 6.07. The molecule has 1 rings (SSSR count). The summed E-state index contributed by atoms with van der Waals surface area (Å²) in [5, 5.41) is 0.608. The number of anilines is 1. The lowest BCUT2D eigenvalue weighted by molar-refractivity contribution is 0.112. The van der Waals surface area contributed by atoms with Gasteiger partial charge >= 0.3 is 0 Å². The molecule has 1 aromatic carbocycles. The molecule has 0 aromatic heterocycles. The molecule has 18 heavy (non-hydrogen) atoms. The minimum atomic E-state index is 0.531. The van der Waals surface area contributed by atoms with Crippen LogP contribution in [0.5, 0.6) is 0 Å². The highest BCUT2D eigenvalue weighted by atomic mass is 35.5. The van der Waals surface area contributed by atoms with Crippen LogP contribution in [-0.2, 0) is 4.74 Å². The number of ether oxygens (including phenoxy) is 1. The van der Waals surface area contributed by atoms with Crippen molar-refractivity contribution < 1.29 is 9.53 Å². The number of hydrogen-bond donors (Lipinski definition) is 0. The Morgan fingerprint density at radius 2 is 2.17 bits per heavy atom. The molecule has 1 aromatic rings. The van der Waals surface area contributed by atoms with Gasteiger partial charge in [0.25, 0.3) is 0 Å². The number of aldehydes is 1. The number of carbonyl (C=O) groups excluding carboxylic acids is 1. The summed E-state index contributed by atoms with van der Waals surface area (Å²) in [5.41, 5.74) is 1.55. The van der Waals surface area contributed by atoms with Crippen LogP contribution >= 0.6 is 11.6 Å². The van der Waals surface area contributed by atoms with Crippen LogP contribution in [0.15, 0.2) is 18.2 Å². The first kappa shape index (κ1) is 15.0. The van der Waals surface area contributed by atoms with Gasteiger partial charge in [0.15, 0.2) is 0 Å². The molecule has 0 unspecified atom stereocenters. The minimum Gasteiger partial charge on any atom is -0.383 e. The van der Waals surface area contributed by atoms with E-state index in [0.29, 0.717) is 23.1 Å². The maximum Gasteiger partial charge on any atom is 0.150 e. The van der Waals surface area contributed by atoms with E-state index in [4.69, 9.17) is 16.3 Å². The molecular formula is C14H20ClNO2. The standard InChI is InChI=1S/C14H20ClNO2/c1-11(2)9-16(6-7-18-3)14-5-4-12(10-17)8-13(14)15/h4-5,8,10-11H,6-7,9H2,1-3H3. The van der Waals surface area contributed by atoms with Gasteiger partial charge in [-0.1, -0.05) is 25.4 Å². The van der Waals surface area contributed by atoms with Gasteiger partial charge in [-0.2, -0.15) is 0 Å². The number of halogens is 1. The van der Waals surface area contributed by atoms with E-state index in [1.165, 1.54) is 0 Å². The second-order valence-corrected chi connectivity index (χ2v) is 5.07. The van der Waals surface area contributed by atoms with Crippen molar-refractivity contribution in [1.29, 1.82) is 0 Å². The number of benzene rings is 1. The first-order chi connectivity index (χ1) is 8.58. The van der Waals surface area contributed by atoms with Crippen LogP contribution in [0.3, 0.4) is 0 Å². The van der Waals surface area contributed by atoms with Gasteiger partial charge in [0.05, 0.1) is 17.3 Å². The number of carbonyl (C=O) groups is 1. The molecule has 0 aliphatic heterocycles. The van der Waals surface area contributed by atoms with Crippen LogP contribution in [0.4, 0.5) is 5.69 Å². The van der Waals surface area contributed by atoms with E-state index >= 15 is 0 Å². The van der Waals surface area contributed by atoms with Gasteiger partial charge in [-0.3, -0.25) is 4.79 Å². The van der Waals surface area contributed by atoms with Gasteiger partial charge in [-0.25, -0.2) is 0 Å². The summed E-state index contributed by atoms with van der Waals surface area (Å²) < 4.78 is 5.12. The molecule has 4 heteroatoms. The fourth-order valence-electron chi connectivity index (χ4n) is 1.81. The Morgan fingerprint density at radius 3 is 2.67 bits per heavy atom. The molecule has 0 spiro atoms. The normalized spacial score (nSPS) is 10.7. The molecule has 0 fully saturated rings. The molecule has 0 amide bonds. The number of nitrogens with zero attached hydrogens (tertiary/aromatic N) is 1. The first-order valence-corrected chi connectivity index (χ1v) is 6.45. The summed E-state index contributed by atoms with van der Waals surface area (Å²) in [6, 6.07) is 5.38. The molecular weight excluding hydrogens is 250 g/mol. The SMILES string of the molecule is COCCN(CC(C)C)c1ccc(C=O)cc1Cl. The topological polar surface area (TPSA) is 29.5 Å². The zero-order chi connectivity index (χ0) is 13.5. The lowest BCUT2D eigenvalue weighted by Gasteiger charge is -2.27. The Labute approximate surface area is 114 Å². The van der Waals surface area contributed by atoms with E-state index in [2.05, 4.69) is 18.7 Å². The maximum atomic E-state index is 10.7. The Hall–Kier alpha value is -1.06. The van der Waals surface area contributed by atoms with Crippen molar-refractivity contribution >= 4 is 23.6 Å². The molecule has 0 heterocycles. The summed E-state index contributed by atoms with van der Waals surface area (Å²) in [6.07, 6.45) is 0.803. The average molecular weight is 270 g/mol. The lowest BCUT2D eigenvalue weighted by atomic mass is 10.1. The zero-order valence-corrected chi connectivity index (χ0v) is 11.9. The van der Waals surface area contributed by atoms with Crippen molar-refractivity contribution in [2.45, 2.75) is 13.8 Å². The number of rotatable bonds is 7. The third kappa shape index (κ3) is 4.31. The second kappa shape index (κ2) is 7.39. The largest absolute Gasteiger partial charge is 0.383 e. The Kier molecular flexibility index (Phi) is 6.16. The predicted molar refractivity (Wildman–Crippen MR) is 75.8 cm³/mol. The third-order valence-electron chi connectivity index (χ3n) is 2.60. The Bertz CT molecular complexity index is 393. The molecule has 0 saturated heterocycles. The van der Waals surface area contributed by atoms with Gasteiger partial charge < -0.3 is 9.64 Å². The minimum absolute atomic E-state index is 0.531. The molecule has 0 atom stereocenters. The second-order valence-electron chi connectivity index (χ2n) is 4.66. The quantitative estimate of drug-likeness (QED) is 0.712. The Balaban J connectivity index is 2.92. The van der Waals surface area contributed by atoms with Crippen LogP contribution in [0, 0.1) is 5.92 Å². The summed E-state index contributed by atoms with van der Waals surface area (Å²) in [4.78, 5) is 12.9. The van der Waals surface area contributed by atoms with Crippen molar-refractivity contribution in [2.24, 2.45) is 5.92 Å². The van der Waals surface area contributed by atoms with E-state index < -0.39 is 0 Å². The highest BCUT2D eigenvalue weighted by molar-refractivity contribution is 6.33. The Morgan fingerprint density at radius 1 is 1.44 bits per heavy atom. The van der Waals surface area contributed by atoms with Crippen LogP contribution < -0.4 is 4.90 Å². The van der Waals surface area contributed by atoms with Crippen LogP contribution in [0.1, 0.15) is 24.2 Å². The number of methoxy groups -OCH3 is 1. The molecule has 0 saturated carbocycles. The van der Waals surface area contributed by atoms with E-state index in [-0.39, 0.29) is 0 Å². The molecule has 0 radical (unpaired) electrons. The average Bonchev–Trinajstić information content (AvgIpc) is 2.34. The van der Waals surface area contributed by atoms with E-state index in [9.17, 15) is 4.79 Å². The van der Waals surface area contributed by atoms with E-state index in [1.807, 2.05) is 6.07 Å². The van der Waals surface area contributed by atoms with Gasteiger partial charge in [0, 0.05) is 25.8 Å². The van der Waals surface area contributed by atoms with Crippen LogP contribution in [0.2, 0.25) is 5.02 Å². The van der Waals surface area contributed by atoms with Gasteiger partial charge in [0.1, 0.15) is 6.29 Å². The molecule has 0 bridgehead atoms. The van der Waals surface area contributed by atoms with E-state index in [1.54, 1.807) is 19.2 Å². The molecule has 0 aliphatic rings. The molecule has 0 N–H and O–H groups in total. The summed E-state index contributed by atoms with van der Waals surface area (Å²) in [7, 11) is 1.69. The van der Waals surface area contributed by atoms with Gasteiger partial charge in [-0.05, 0) is 24.1 Å². The fourth-order valence-corrected chi connectivity index (χ4v) is 2.11. The van der Waals surface area contributed by atoms with Crippen molar-refractivity contribution in [3.8, 4) is 0 Å². The summed E-state index contributed by atoms with van der Waals surface area (Å²) in [6.45, 7) is 6.66. The van der Waals surface area contributed by atoms with Crippen molar-refractivity contribution in [2.75, 3.05) is 31.7 Å². The third-order valence-corrected chi connectivity index (χ3v) is 2.90. The van der Waals surface area contributed by atoms with Crippen LogP contribution in [-0.4, -0.2) is 33.1 Å². The number of hydrogen-bond acceptors (Lipinski definition) is 3. The van der Waals surface area contributed by atoms with Gasteiger partial charge in [-0.15, -0.1) is 0 Å². The van der Waals surface area contributed by atoms with Crippen LogP contribution in [0.25, 0.3) is 0 Å². The monoisotopic (exact) mass is 269 g/mol. The van der Waals surface area contributed by atoms with Crippen molar-refractivity contribution in [1.82, 2.24) is 0 Å².